The van der Waals surface area contributed by atoms with Crippen LogP contribution in [0, 0.1) is 0 Å². The number of amides is 1. The summed E-state index contributed by atoms with van der Waals surface area (Å²) < 4.78 is 45.5. The van der Waals surface area contributed by atoms with E-state index in [1.807, 2.05) is 30.3 Å². The molecule has 0 atom stereocenters. The second-order valence-electron chi connectivity index (χ2n) is 5.26. The molecule has 1 aromatic rings. The highest BCUT2D eigenvalue weighted by molar-refractivity contribution is 5.77. The normalized spacial score (nSPS) is 21.2. The Labute approximate surface area is 126 Å². The number of nitrogens with one attached hydrogen (secondary N) is 1. The molecule has 0 saturated heterocycles. The van der Waals surface area contributed by atoms with Crippen molar-refractivity contribution in [2.24, 2.45) is 0 Å². The van der Waals surface area contributed by atoms with E-state index in [1.165, 1.54) is 0 Å². The van der Waals surface area contributed by atoms with Crippen LogP contribution < -0.4 is 5.32 Å². The summed E-state index contributed by atoms with van der Waals surface area (Å²) in [6.07, 6.45) is -3.01. The first-order chi connectivity index (χ1) is 10.4. The highest BCUT2D eigenvalue weighted by Crippen LogP contribution is 2.24. The zero-order chi connectivity index (χ0) is 16.0. The molecule has 1 N–H and O–H groups in total. The molecule has 1 aromatic carbocycles. The van der Waals surface area contributed by atoms with Gasteiger partial charge in [-0.25, -0.2) is 0 Å². The van der Waals surface area contributed by atoms with Crippen LogP contribution in [0.4, 0.5) is 13.2 Å². The molecule has 22 heavy (non-hydrogen) atoms. The second kappa shape index (κ2) is 7.60. The predicted octanol–water partition coefficient (Wildman–Crippen LogP) is 2.43. The van der Waals surface area contributed by atoms with Crippen molar-refractivity contribution in [1.29, 1.82) is 0 Å². The maximum absolute atomic E-state index is 11.8. The molecule has 4 nitrogen and oxygen atoms in total. The van der Waals surface area contributed by atoms with Gasteiger partial charge in [-0.2, -0.15) is 13.2 Å². The van der Waals surface area contributed by atoms with E-state index in [0.29, 0.717) is 19.4 Å². The summed E-state index contributed by atoms with van der Waals surface area (Å²) in [5.41, 5.74) is 1.08. The molecular formula is C15H18F3NO3. The Morgan fingerprint density at radius 3 is 2.55 bits per heavy atom. The van der Waals surface area contributed by atoms with Crippen LogP contribution in [0.1, 0.15) is 18.4 Å². The Hall–Kier alpha value is -1.60. The third-order valence-electron chi connectivity index (χ3n) is 3.29. The molecule has 0 heterocycles. The van der Waals surface area contributed by atoms with E-state index in [9.17, 15) is 18.0 Å². The van der Waals surface area contributed by atoms with Gasteiger partial charge in [0.15, 0.2) is 0 Å². The summed E-state index contributed by atoms with van der Waals surface area (Å²) in [4.78, 5) is 11.4. The quantitative estimate of drug-likeness (QED) is 0.840. The van der Waals surface area contributed by atoms with Gasteiger partial charge >= 0.3 is 6.18 Å². The summed E-state index contributed by atoms with van der Waals surface area (Å²) in [6.45, 7) is -1.47. The number of carbonyl (C=O) groups is 1. The van der Waals surface area contributed by atoms with Crippen molar-refractivity contribution in [1.82, 2.24) is 5.32 Å². The van der Waals surface area contributed by atoms with Crippen molar-refractivity contribution >= 4 is 5.91 Å². The van der Waals surface area contributed by atoms with Gasteiger partial charge in [0, 0.05) is 6.04 Å². The first-order valence-electron chi connectivity index (χ1n) is 7.02. The third kappa shape index (κ3) is 6.03. The van der Waals surface area contributed by atoms with Crippen LogP contribution in [0.25, 0.3) is 0 Å². The lowest BCUT2D eigenvalue weighted by atomic mass is 9.89. The topological polar surface area (TPSA) is 47.6 Å². The lowest BCUT2D eigenvalue weighted by Gasteiger charge is -2.35. The zero-order valence-corrected chi connectivity index (χ0v) is 11.9. The lowest BCUT2D eigenvalue weighted by Crippen LogP contribution is -2.48. The summed E-state index contributed by atoms with van der Waals surface area (Å²) in [6, 6.07) is 9.68. The summed E-state index contributed by atoms with van der Waals surface area (Å²) in [7, 11) is 0. The van der Waals surface area contributed by atoms with Crippen LogP contribution in [0.3, 0.4) is 0 Å². The average molecular weight is 317 g/mol. The lowest BCUT2D eigenvalue weighted by molar-refractivity contribution is -0.176. The number of halogens is 3. The van der Waals surface area contributed by atoms with E-state index in [0.717, 1.165) is 5.56 Å². The van der Waals surface area contributed by atoms with E-state index in [2.05, 4.69) is 10.1 Å². The second-order valence-corrected chi connectivity index (χ2v) is 5.26. The fourth-order valence-electron chi connectivity index (χ4n) is 2.14. The van der Waals surface area contributed by atoms with Gasteiger partial charge in [-0.1, -0.05) is 30.3 Å². The first-order valence-corrected chi connectivity index (χ1v) is 7.02. The number of hydrogen-bond acceptors (Lipinski definition) is 3. The number of carbonyl (C=O) groups excluding carboxylic acids is 1. The Morgan fingerprint density at radius 1 is 1.23 bits per heavy atom. The van der Waals surface area contributed by atoms with Gasteiger partial charge in [-0.05, 0) is 18.4 Å². The molecule has 0 aliphatic heterocycles. The minimum atomic E-state index is -4.41. The van der Waals surface area contributed by atoms with Gasteiger partial charge in [-0.15, -0.1) is 0 Å². The van der Waals surface area contributed by atoms with Crippen molar-refractivity contribution in [3.8, 4) is 0 Å². The molecule has 7 heteroatoms. The van der Waals surface area contributed by atoms with Crippen molar-refractivity contribution in [3.05, 3.63) is 35.9 Å². The smallest absolute Gasteiger partial charge is 0.373 e. The van der Waals surface area contributed by atoms with Gasteiger partial charge < -0.3 is 14.8 Å². The van der Waals surface area contributed by atoms with Crippen LogP contribution in [-0.2, 0) is 20.9 Å². The molecule has 1 amide bonds. The van der Waals surface area contributed by atoms with E-state index >= 15 is 0 Å². The molecule has 1 fully saturated rings. The Morgan fingerprint density at radius 2 is 1.91 bits per heavy atom. The molecule has 0 bridgehead atoms. The van der Waals surface area contributed by atoms with Crippen LogP contribution >= 0.6 is 0 Å². The highest BCUT2D eigenvalue weighted by Gasteiger charge is 2.32. The van der Waals surface area contributed by atoms with Crippen LogP contribution in [-0.4, -0.2) is 37.4 Å². The maximum Gasteiger partial charge on any atom is 0.411 e. The summed E-state index contributed by atoms with van der Waals surface area (Å²) >= 11 is 0. The Kier molecular flexibility index (Phi) is 5.79. The Bertz CT molecular complexity index is 473. The van der Waals surface area contributed by atoms with Crippen molar-refractivity contribution in [3.63, 3.8) is 0 Å². The van der Waals surface area contributed by atoms with Gasteiger partial charge in [0.05, 0.1) is 12.7 Å². The van der Waals surface area contributed by atoms with E-state index in [4.69, 9.17) is 4.74 Å². The average Bonchev–Trinajstić information content (AvgIpc) is 2.41. The highest BCUT2D eigenvalue weighted by atomic mass is 19.4. The van der Waals surface area contributed by atoms with Crippen molar-refractivity contribution in [2.75, 3.05) is 13.2 Å². The standard InChI is InChI=1S/C15H18F3NO3/c16-15(17,18)10-21-9-14(20)19-12-6-13(7-12)22-8-11-4-2-1-3-5-11/h1-5,12-13H,6-10H2,(H,19,20). The largest absolute Gasteiger partial charge is 0.411 e. The summed E-state index contributed by atoms with van der Waals surface area (Å²) in [5.74, 6) is -0.532. The number of alkyl halides is 3. The fourth-order valence-corrected chi connectivity index (χ4v) is 2.14. The number of ether oxygens (including phenoxy) is 2. The third-order valence-corrected chi connectivity index (χ3v) is 3.29. The zero-order valence-electron chi connectivity index (χ0n) is 11.9. The predicted molar refractivity (Wildman–Crippen MR) is 73.1 cm³/mol. The van der Waals surface area contributed by atoms with Crippen LogP contribution in [0.5, 0.6) is 0 Å². The number of rotatable bonds is 7. The molecule has 0 unspecified atom stereocenters. The van der Waals surface area contributed by atoms with Crippen molar-refractivity contribution < 1.29 is 27.4 Å². The van der Waals surface area contributed by atoms with E-state index < -0.39 is 25.3 Å². The van der Waals surface area contributed by atoms with E-state index in [1.54, 1.807) is 0 Å². The molecule has 1 saturated carbocycles. The van der Waals surface area contributed by atoms with E-state index in [-0.39, 0.29) is 12.1 Å². The minimum Gasteiger partial charge on any atom is -0.373 e. The van der Waals surface area contributed by atoms with Crippen molar-refractivity contribution in [2.45, 2.75) is 37.8 Å². The molecule has 1 aliphatic carbocycles. The number of hydrogen-bond donors (Lipinski definition) is 1. The van der Waals surface area contributed by atoms with Gasteiger partial charge in [0.1, 0.15) is 13.2 Å². The monoisotopic (exact) mass is 317 g/mol. The van der Waals surface area contributed by atoms with Gasteiger partial charge in [0.2, 0.25) is 5.91 Å². The maximum atomic E-state index is 11.8. The molecule has 0 spiro atoms. The fraction of sp³-hybridized carbons (Fsp3) is 0.533. The molecule has 0 aromatic heterocycles. The summed E-state index contributed by atoms with van der Waals surface area (Å²) in [5, 5.41) is 2.62. The molecule has 122 valence electrons. The van der Waals surface area contributed by atoms with Crippen LogP contribution in [0.2, 0.25) is 0 Å². The molecule has 1 aliphatic rings. The van der Waals surface area contributed by atoms with Gasteiger partial charge in [-0.3, -0.25) is 4.79 Å². The first kappa shape index (κ1) is 16.8. The van der Waals surface area contributed by atoms with Crippen LogP contribution in [0.15, 0.2) is 30.3 Å². The molecular weight excluding hydrogens is 299 g/mol. The molecule has 2 rings (SSSR count). The molecule has 0 radical (unpaired) electrons. The Balaban J connectivity index is 1.54. The number of benzene rings is 1. The minimum absolute atomic E-state index is 0.0530. The SMILES string of the molecule is O=C(COCC(F)(F)F)NC1CC(OCc2ccccc2)C1. The van der Waals surface area contributed by atoms with Gasteiger partial charge in [0.25, 0.3) is 0 Å².